The molecule has 0 bridgehead atoms. The monoisotopic (exact) mass is 410 g/mol. The number of H-pyrrole nitrogens is 1. The molecule has 1 aliphatic rings. The first-order valence-corrected chi connectivity index (χ1v) is 10.3. The van der Waals surface area contributed by atoms with Gasteiger partial charge in [-0.2, -0.15) is 0 Å². The maximum Gasteiger partial charge on any atom is 0.271 e. The molecule has 1 saturated heterocycles. The quantitative estimate of drug-likeness (QED) is 0.574. The number of amides is 1. The van der Waals surface area contributed by atoms with Gasteiger partial charge in [0.25, 0.3) is 5.56 Å². The summed E-state index contributed by atoms with van der Waals surface area (Å²) in [4.78, 5) is 36.1. The molecule has 2 aromatic heterocycles. The van der Waals surface area contributed by atoms with E-state index in [-0.39, 0.29) is 17.5 Å². The Hall–Kier alpha value is -3.13. The van der Waals surface area contributed by atoms with Crippen LogP contribution in [0.25, 0.3) is 11.1 Å². The van der Waals surface area contributed by atoms with Crippen LogP contribution in [-0.2, 0) is 4.79 Å². The molecule has 1 fully saturated rings. The Labute approximate surface area is 177 Å². The predicted octanol–water partition coefficient (Wildman–Crippen LogP) is 1.68. The van der Waals surface area contributed by atoms with Gasteiger partial charge in [0, 0.05) is 63.3 Å². The van der Waals surface area contributed by atoms with E-state index in [4.69, 9.17) is 0 Å². The number of rotatable bonds is 8. The Balaban J connectivity index is 1.81. The van der Waals surface area contributed by atoms with E-state index in [0.29, 0.717) is 31.9 Å². The highest BCUT2D eigenvalue weighted by Gasteiger charge is 2.30. The number of carbonyl (C=O) groups is 1. The summed E-state index contributed by atoms with van der Waals surface area (Å²) in [6, 6.07) is 5.90. The van der Waals surface area contributed by atoms with Crippen LogP contribution in [0.2, 0.25) is 0 Å². The summed E-state index contributed by atoms with van der Waals surface area (Å²) in [5.41, 5.74) is 2.40. The van der Waals surface area contributed by atoms with Crippen LogP contribution in [0.4, 0.5) is 11.5 Å². The van der Waals surface area contributed by atoms with Crippen molar-refractivity contribution in [2.24, 2.45) is 0 Å². The number of nitrogens with one attached hydrogen (secondary N) is 3. The van der Waals surface area contributed by atoms with Gasteiger partial charge < -0.3 is 25.4 Å². The van der Waals surface area contributed by atoms with Crippen LogP contribution in [0.1, 0.15) is 13.3 Å². The lowest BCUT2D eigenvalue weighted by molar-refractivity contribution is -0.125. The molecule has 1 amide bonds. The van der Waals surface area contributed by atoms with Crippen LogP contribution >= 0.6 is 0 Å². The van der Waals surface area contributed by atoms with E-state index in [0.717, 1.165) is 23.4 Å². The molecule has 0 spiro atoms. The minimum Gasteiger partial charge on any atom is -0.373 e. The minimum absolute atomic E-state index is 0.0165. The lowest BCUT2D eigenvalue weighted by Gasteiger charge is -2.29. The first-order chi connectivity index (χ1) is 14.6. The minimum atomic E-state index is -0.123. The summed E-state index contributed by atoms with van der Waals surface area (Å²) >= 11 is 0. The average Bonchev–Trinajstić information content (AvgIpc) is 3.25. The Kier molecular flexibility index (Phi) is 7.24. The fourth-order valence-electron chi connectivity index (χ4n) is 3.80. The van der Waals surface area contributed by atoms with Gasteiger partial charge >= 0.3 is 0 Å². The number of pyridine rings is 2. The van der Waals surface area contributed by atoms with Gasteiger partial charge in [0.1, 0.15) is 11.5 Å². The first kappa shape index (κ1) is 21.6. The summed E-state index contributed by atoms with van der Waals surface area (Å²) < 4.78 is 0. The van der Waals surface area contributed by atoms with Gasteiger partial charge in [0.2, 0.25) is 5.91 Å². The Morgan fingerprint density at radius 3 is 2.93 bits per heavy atom. The van der Waals surface area contributed by atoms with Crippen LogP contribution < -0.4 is 21.1 Å². The fourth-order valence-corrected chi connectivity index (χ4v) is 3.80. The van der Waals surface area contributed by atoms with Crippen LogP contribution in [-0.4, -0.2) is 67.1 Å². The number of aromatic amines is 1. The second-order valence-corrected chi connectivity index (χ2v) is 7.26. The normalized spacial score (nSPS) is 16.2. The van der Waals surface area contributed by atoms with E-state index in [1.165, 1.54) is 0 Å². The molecule has 0 aromatic carbocycles. The van der Waals surface area contributed by atoms with Crippen molar-refractivity contribution >= 4 is 17.4 Å². The van der Waals surface area contributed by atoms with Crippen molar-refractivity contribution in [2.45, 2.75) is 19.4 Å². The molecular formula is C22H30N6O2. The van der Waals surface area contributed by atoms with E-state index in [2.05, 4.69) is 25.5 Å². The molecular weight excluding hydrogens is 380 g/mol. The number of hydrogen-bond donors (Lipinski definition) is 3. The van der Waals surface area contributed by atoms with Crippen LogP contribution in [0, 0.1) is 0 Å². The zero-order valence-corrected chi connectivity index (χ0v) is 17.8. The van der Waals surface area contributed by atoms with E-state index in [1.807, 2.05) is 50.2 Å². The van der Waals surface area contributed by atoms with Gasteiger partial charge in [0.05, 0.1) is 0 Å². The van der Waals surface area contributed by atoms with Crippen LogP contribution in [0.5, 0.6) is 0 Å². The molecule has 0 radical (unpaired) electrons. The van der Waals surface area contributed by atoms with Crippen molar-refractivity contribution in [3.8, 4) is 11.1 Å². The Morgan fingerprint density at radius 2 is 2.20 bits per heavy atom. The second-order valence-electron chi connectivity index (χ2n) is 7.26. The molecule has 30 heavy (non-hydrogen) atoms. The molecule has 3 heterocycles. The molecule has 160 valence electrons. The predicted molar refractivity (Wildman–Crippen MR) is 121 cm³/mol. The molecule has 1 unspecified atom stereocenters. The standard InChI is InChI=1S/C22H30N6O2/c1-4-28(18-8-11-27(15-18)21(29)6-5-9-23-2)19-12-17(14-26-22(19)30)16-7-10-25-20(13-16)24-3/h5-7,10,12-14,18,23H,4,8-9,11,15H2,1-3H3,(H,24,25)(H,26,30)/b6-5+. The molecule has 3 rings (SSSR count). The summed E-state index contributed by atoms with van der Waals surface area (Å²) in [5, 5.41) is 6.03. The Bertz CT molecular complexity index is 955. The third-order valence-electron chi connectivity index (χ3n) is 5.38. The van der Waals surface area contributed by atoms with Crippen molar-refractivity contribution in [3.05, 3.63) is 53.1 Å². The number of aromatic nitrogens is 2. The summed E-state index contributed by atoms with van der Waals surface area (Å²) in [6.07, 6.45) is 7.75. The molecule has 0 aliphatic carbocycles. The molecule has 1 atom stereocenters. The highest BCUT2D eigenvalue weighted by Crippen LogP contribution is 2.26. The largest absolute Gasteiger partial charge is 0.373 e. The molecule has 1 aliphatic heterocycles. The summed E-state index contributed by atoms with van der Waals surface area (Å²) in [7, 11) is 3.67. The lowest BCUT2D eigenvalue weighted by Crippen LogP contribution is -2.41. The van der Waals surface area contributed by atoms with Crippen molar-refractivity contribution in [2.75, 3.05) is 50.5 Å². The number of likely N-dealkylation sites (N-methyl/N-ethyl adjacent to an activating group) is 2. The molecule has 0 saturated carbocycles. The third-order valence-corrected chi connectivity index (χ3v) is 5.38. The molecule has 8 heteroatoms. The second kappa shape index (κ2) is 10.1. The van der Waals surface area contributed by atoms with Gasteiger partial charge in [-0.05, 0) is 44.2 Å². The van der Waals surface area contributed by atoms with E-state index < -0.39 is 0 Å². The fraction of sp³-hybridized carbons (Fsp3) is 0.409. The van der Waals surface area contributed by atoms with Gasteiger partial charge in [-0.25, -0.2) is 4.98 Å². The van der Waals surface area contributed by atoms with Crippen molar-refractivity contribution in [3.63, 3.8) is 0 Å². The van der Waals surface area contributed by atoms with Crippen molar-refractivity contribution < 1.29 is 4.79 Å². The van der Waals surface area contributed by atoms with Gasteiger partial charge in [-0.3, -0.25) is 9.59 Å². The Morgan fingerprint density at radius 1 is 1.37 bits per heavy atom. The number of hydrogen-bond acceptors (Lipinski definition) is 6. The zero-order valence-electron chi connectivity index (χ0n) is 17.8. The molecule has 8 nitrogen and oxygen atoms in total. The third kappa shape index (κ3) is 4.88. The van der Waals surface area contributed by atoms with Gasteiger partial charge in [-0.15, -0.1) is 0 Å². The molecule has 3 N–H and O–H groups in total. The molecule has 2 aromatic rings. The van der Waals surface area contributed by atoms with Gasteiger partial charge in [-0.1, -0.05) is 6.08 Å². The topological polar surface area (TPSA) is 93.4 Å². The van der Waals surface area contributed by atoms with Crippen molar-refractivity contribution in [1.82, 2.24) is 20.2 Å². The van der Waals surface area contributed by atoms with Crippen LogP contribution in [0.15, 0.2) is 47.5 Å². The van der Waals surface area contributed by atoms with Crippen LogP contribution in [0.3, 0.4) is 0 Å². The zero-order chi connectivity index (χ0) is 21.5. The first-order valence-electron chi connectivity index (χ1n) is 10.3. The van der Waals surface area contributed by atoms with Crippen molar-refractivity contribution in [1.29, 1.82) is 0 Å². The maximum atomic E-state index is 12.7. The number of likely N-dealkylation sites (tertiary alicyclic amines) is 1. The number of nitrogens with zero attached hydrogens (tertiary/aromatic N) is 3. The SMILES string of the molecule is CCN(c1cc(-c2ccnc(NC)c2)c[nH]c1=O)C1CCN(C(=O)/C=C/CNC)C1. The lowest BCUT2D eigenvalue weighted by atomic mass is 10.1. The maximum absolute atomic E-state index is 12.7. The highest BCUT2D eigenvalue weighted by molar-refractivity contribution is 5.88. The highest BCUT2D eigenvalue weighted by atomic mass is 16.2. The summed E-state index contributed by atoms with van der Waals surface area (Å²) in [5.74, 6) is 0.784. The number of anilines is 2. The van der Waals surface area contributed by atoms with E-state index >= 15 is 0 Å². The number of carbonyl (C=O) groups excluding carboxylic acids is 1. The average molecular weight is 411 g/mol. The van der Waals surface area contributed by atoms with E-state index in [9.17, 15) is 9.59 Å². The smallest absolute Gasteiger partial charge is 0.271 e. The van der Waals surface area contributed by atoms with E-state index in [1.54, 1.807) is 18.5 Å². The van der Waals surface area contributed by atoms with Gasteiger partial charge in [0.15, 0.2) is 0 Å². The summed E-state index contributed by atoms with van der Waals surface area (Å²) in [6.45, 7) is 4.69.